The lowest BCUT2D eigenvalue weighted by molar-refractivity contribution is -0.116. The Hall–Kier alpha value is -2.99. The van der Waals surface area contributed by atoms with E-state index in [2.05, 4.69) is 28.5 Å². The van der Waals surface area contributed by atoms with Crippen molar-refractivity contribution in [3.63, 3.8) is 0 Å². The summed E-state index contributed by atoms with van der Waals surface area (Å²) in [5, 5.41) is 1.14. The number of para-hydroxylation sites is 1. The van der Waals surface area contributed by atoms with Gasteiger partial charge < -0.3 is 9.30 Å². The second kappa shape index (κ2) is 6.64. The lowest BCUT2D eigenvalue weighted by Gasteiger charge is -2.05. The molecule has 0 N–H and O–H groups in total. The molecule has 2 aromatic carbocycles. The molecule has 0 saturated heterocycles. The minimum absolute atomic E-state index is 0.131. The zero-order valence-corrected chi connectivity index (χ0v) is 14.1. The quantitative estimate of drug-likeness (QED) is 0.690. The van der Waals surface area contributed by atoms with E-state index in [9.17, 15) is 4.79 Å². The summed E-state index contributed by atoms with van der Waals surface area (Å²) in [7, 11) is 3.64. The molecule has 3 heteroatoms. The van der Waals surface area contributed by atoms with Crippen LogP contribution in [0.25, 0.3) is 10.9 Å². The normalized spacial score (nSPS) is 10.3. The van der Waals surface area contributed by atoms with E-state index in [0.29, 0.717) is 12.2 Å². The summed E-state index contributed by atoms with van der Waals surface area (Å²) in [6.45, 7) is 1.58. The minimum Gasteiger partial charge on any atom is -0.495 e. The van der Waals surface area contributed by atoms with Gasteiger partial charge in [-0.3, -0.25) is 4.79 Å². The van der Waals surface area contributed by atoms with Gasteiger partial charge in [-0.25, -0.2) is 0 Å². The number of Topliss-reactive ketones (excluding diaryl/α,β-unsaturated/α-hetero) is 1. The minimum atomic E-state index is 0.131. The van der Waals surface area contributed by atoms with Crippen LogP contribution in [0.1, 0.15) is 23.6 Å². The van der Waals surface area contributed by atoms with Crippen molar-refractivity contribution in [1.29, 1.82) is 0 Å². The van der Waals surface area contributed by atoms with Gasteiger partial charge in [0.05, 0.1) is 18.2 Å². The van der Waals surface area contributed by atoms with Crippen LogP contribution in [-0.4, -0.2) is 17.5 Å². The summed E-state index contributed by atoms with van der Waals surface area (Å²) in [5.41, 5.74) is 3.90. The van der Waals surface area contributed by atoms with Crippen molar-refractivity contribution in [2.45, 2.75) is 13.3 Å². The number of hydrogen-bond donors (Lipinski definition) is 0. The fourth-order valence-electron chi connectivity index (χ4n) is 2.81. The molecule has 0 aliphatic heterocycles. The Labute approximate surface area is 141 Å². The van der Waals surface area contributed by atoms with Gasteiger partial charge in [0.15, 0.2) is 0 Å². The molecule has 0 unspecified atom stereocenters. The third kappa shape index (κ3) is 3.18. The SMILES string of the molecule is COc1cc(CC(C)=O)ccc1C#Cc1cn(C)c2ccccc12. The second-order valence-corrected chi connectivity index (χ2v) is 5.83. The van der Waals surface area contributed by atoms with E-state index in [4.69, 9.17) is 4.74 Å². The molecular weight excluding hydrogens is 298 g/mol. The Kier molecular flexibility index (Phi) is 4.39. The summed E-state index contributed by atoms with van der Waals surface area (Å²) < 4.78 is 7.51. The molecule has 1 aromatic heterocycles. The van der Waals surface area contributed by atoms with Gasteiger partial charge in [0, 0.05) is 30.6 Å². The number of aromatic nitrogens is 1. The van der Waals surface area contributed by atoms with E-state index in [-0.39, 0.29) is 5.78 Å². The van der Waals surface area contributed by atoms with Crippen LogP contribution in [0.4, 0.5) is 0 Å². The van der Waals surface area contributed by atoms with Crippen molar-refractivity contribution < 1.29 is 9.53 Å². The Morgan fingerprint density at radius 1 is 1.12 bits per heavy atom. The molecule has 0 fully saturated rings. The highest BCUT2D eigenvalue weighted by Crippen LogP contribution is 2.22. The first kappa shape index (κ1) is 15.9. The lowest BCUT2D eigenvalue weighted by atomic mass is 10.1. The van der Waals surface area contributed by atoms with Gasteiger partial charge in [0.2, 0.25) is 0 Å². The average molecular weight is 317 g/mol. The number of aryl methyl sites for hydroxylation is 1. The molecule has 0 saturated carbocycles. The average Bonchev–Trinajstić information content (AvgIpc) is 2.89. The maximum atomic E-state index is 11.3. The molecule has 3 rings (SSSR count). The molecule has 0 bridgehead atoms. The summed E-state index contributed by atoms with van der Waals surface area (Å²) in [4.78, 5) is 11.3. The first-order chi connectivity index (χ1) is 11.6. The van der Waals surface area contributed by atoms with E-state index in [1.807, 2.05) is 43.6 Å². The van der Waals surface area contributed by atoms with E-state index in [0.717, 1.165) is 27.6 Å². The maximum absolute atomic E-state index is 11.3. The van der Waals surface area contributed by atoms with Crippen LogP contribution in [0.2, 0.25) is 0 Å². The zero-order valence-electron chi connectivity index (χ0n) is 14.1. The van der Waals surface area contributed by atoms with Crippen LogP contribution in [0.15, 0.2) is 48.7 Å². The Balaban J connectivity index is 1.99. The number of nitrogens with zero attached hydrogens (tertiary/aromatic N) is 1. The van der Waals surface area contributed by atoms with Crippen molar-refractivity contribution in [2.75, 3.05) is 7.11 Å². The second-order valence-electron chi connectivity index (χ2n) is 5.83. The Bertz CT molecular complexity index is 970. The van der Waals surface area contributed by atoms with Gasteiger partial charge in [0.1, 0.15) is 11.5 Å². The van der Waals surface area contributed by atoms with Gasteiger partial charge in [-0.05, 0) is 30.7 Å². The van der Waals surface area contributed by atoms with Crippen LogP contribution >= 0.6 is 0 Å². The predicted molar refractivity (Wildman–Crippen MR) is 96.3 cm³/mol. The van der Waals surface area contributed by atoms with Crippen molar-refractivity contribution in [3.05, 3.63) is 65.4 Å². The van der Waals surface area contributed by atoms with E-state index in [1.165, 1.54) is 0 Å². The fourth-order valence-corrected chi connectivity index (χ4v) is 2.81. The van der Waals surface area contributed by atoms with Crippen LogP contribution in [0.5, 0.6) is 5.75 Å². The molecule has 0 atom stereocenters. The monoisotopic (exact) mass is 317 g/mol. The summed E-state index contributed by atoms with van der Waals surface area (Å²) >= 11 is 0. The van der Waals surface area contributed by atoms with Crippen LogP contribution in [-0.2, 0) is 18.3 Å². The number of fused-ring (bicyclic) bond motifs is 1. The molecule has 0 aliphatic carbocycles. The van der Waals surface area contributed by atoms with Crippen molar-refractivity contribution >= 4 is 16.7 Å². The zero-order chi connectivity index (χ0) is 17.1. The fraction of sp³-hybridized carbons (Fsp3) is 0.190. The van der Waals surface area contributed by atoms with Gasteiger partial charge in [-0.1, -0.05) is 36.1 Å². The summed E-state index contributed by atoms with van der Waals surface area (Å²) in [6.07, 6.45) is 2.45. The van der Waals surface area contributed by atoms with E-state index >= 15 is 0 Å². The predicted octanol–water partition coefficient (Wildman–Crippen LogP) is 3.72. The topological polar surface area (TPSA) is 31.2 Å². The molecule has 0 spiro atoms. The number of ketones is 1. The highest BCUT2D eigenvalue weighted by molar-refractivity contribution is 5.87. The molecule has 0 radical (unpaired) electrons. The molecular formula is C21H19NO2. The Morgan fingerprint density at radius 3 is 2.62 bits per heavy atom. The summed E-state index contributed by atoms with van der Waals surface area (Å²) in [6, 6.07) is 13.9. The van der Waals surface area contributed by atoms with Crippen LogP contribution in [0, 0.1) is 11.8 Å². The van der Waals surface area contributed by atoms with E-state index in [1.54, 1.807) is 14.0 Å². The molecule has 120 valence electrons. The molecule has 0 aliphatic rings. The largest absolute Gasteiger partial charge is 0.495 e. The highest BCUT2D eigenvalue weighted by atomic mass is 16.5. The van der Waals surface area contributed by atoms with Gasteiger partial charge >= 0.3 is 0 Å². The number of benzene rings is 2. The smallest absolute Gasteiger partial charge is 0.134 e. The third-order valence-electron chi connectivity index (χ3n) is 3.95. The van der Waals surface area contributed by atoms with Crippen LogP contribution < -0.4 is 4.74 Å². The number of ether oxygens (including phenoxy) is 1. The highest BCUT2D eigenvalue weighted by Gasteiger charge is 2.06. The lowest BCUT2D eigenvalue weighted by Crippen LogP contribution is -1.97. The first-order valence-electron chi connectivity index (χ1n) is 7.81. The standard InChI is InChI=1S/C21H19NO2/c1-15(23)12-16-8-9-17(21(13-16)24-3)10-11-18-14-22(2)20-7-5-4-6-19(18)20/h4-9,13-14H,12H2,1-3H3. The van der Waals surface area contributed by atoms with Crippen molar-refractivity contribution in [1.82, 2.24) is 4.57 Å². The number of rotatable bonds is 3. The van der Waals surface area contributed by atoms with Crippen LogP contribution in [0.3, 0.4) is 0 Å². The number of hydrogen-bond acceptors (Lipinski definition) is 2. The van der Waals surface area contributed by atoms with E-state index < -0.39 is 0 Å². The Morgan fingerprint density at radius 2 is 1.88 bits per heavy atom. The molecule has 0 amide bonds. The van der Waals surface area contributed by atoms with Crippen molar-refractivity contribution in [2.24, 2.45) is 7.05 Å². The third-order valence-corrected chi connectivity index (χ3v) is 3.95. The number of carbonyl (C=O) groups excluding carboxylic acids is 1. The first-order valence-corrected chi connectivity index (χ1v) is 7.81. The van der Waals surface area contributed by atoms with Gasteiger partial charge in [-0.15, -0.1) is 0 Å². The maximum Gasteiger partial charge on any atom is 0.134 e. The number of carbonyl (C=O) groups is 1. The number of methoxy groups -OCH3 is 1. The van der Waals surface area contributed by atoms with Crippen molar-refractivity contribution in [3.8, 4) is 17.6 Å². The molecule has 3 aromatic rings. The summed E-state index contributed by atoms with van der Waals surface area (Å²) in [5.74, 6) is 7.26. The molecule has 24 heavy (non-hydrogen) atoms. The molecule has 1 heterocycles. The molecule has 3 nitrogen and oxygen atoms in total. The van der Waals surface area contributed by atoms with Gasteiger partial charge in [0.25, 0.3) is 0 Å². The van der Waals surface area contributed by atoms with Gasteiger partial charge in [-0.2, -0.15) is 0 Å².